The van der Waals surface area contributed by atoms with E-state index in [1.165, 1.54) is 0 Å². The molecular weight excluding hydrogens is 304 g/mol. The number of nitrogens with zero attached hydrogens (tertiary/aromatic N) is 2. The zero-order valence-electron chi connectivity index (χ0n) is 15.5. The Hall–Kier alpha value is -1.59. The van der Waals surface area contributed by atoms with Crippen molar-refractivity contribution >= 4 is 5.91 Å². The van der Waals surface area contributed by atoms with E-state index in [0.717, 1.165) is 11.3 Å². The molecule has 1 aromatic rings. The molecule has 0 bridgehead atoms. The fourth-order valence-corrected chi connectivity index (χ4v) is 3.02. The van der Waals surface area contributed by atoms with Crippen molar-refractivity contribution in [1.29, 1.82) is 0 Å². The number of hydrogen-bond donors (Lipinski definition) is 0. The number of hydrogen-bond acceptors (Lipinski definition) is 4. The molecule has 3 unspecified atom stereocenters. The minimum Gasteiger partial charge on any atom is -0.492 e. The molecule has 2 rings (SSSR count). The lowest BCUT2D eigenvalue weighted by Crippen LogP contribution is -2.54. The molecule has 0 saturated carbocycles. The Morgan fingerprint density at radius 3 is 2.58 bits per heavy atom. The molecule has 0 spiro atoms. The zero-order valence-corrected chi connectivity index (χ0v) is 15.5. The van der Waals surface area contributed by atoms with Crippen LogP contribution in [0.4, 0.5) is 0 Å². The van der Waals surface area contributed by atoms with Crippen LogP contribution in [0.3, 0.4) is 0 Å². The first-order valence-electron chi connectivity index (χ1n) is 8.71. The molecule has 0 aromatic heterocycles. The van der Waals surface area contributed by atoms with Crippen LogP contribution in [-0.2, 0) is 9.53 Å². The van der Waals surface area contributed by atoms with Crippen molar-refractivity contribution in [3.05, 3.63) is 29.8 Å². The number of para-hydroxylation sites is 1. The van der Waals surface area contributed by atoms with E-state index < -0.39 is 0 Å². The number of aryl methyl sites for hydroxylation is 1. The third-order valence-electron chi connectivity index (χ3n) is 4.54. The maximum absolute atomic E-state index is 12.7. The van der Waals surface area contributed by atoms with E-state index in [0.29, 0.717) is 26.2 Å². The summed E-state index contributed by atoms with van der Waals surface area (Å²) in [5.74, 6) is 1.07. The molecule has 5 nitrogen and oxygen atoms in total. The van der Waals surface area contributed by atoms with Gasteiger partial charge in [-0.25, -0.2) is 0 Å². The lowest BCUT2D eigenvalue weighted by molar-refractivity contribution is -0.147. The Morgan fingerprint density at radius 2 is 1.96 bits per heavy atom. The second-order valence-electron chi connectivity index (χ2n) is 6.77. The zero-order chi connectivity index (χ0) is 17.7. The monoisotopic (exact) mass is 334 g/mol. The maximum Gasteiger partial charge on any atom is 0.239 e. The van der Waals surface area contributed by atoms with Crippen LogP contribution in [0.1, 0.15) is 26.3 Å². The van der Waals surface area contributed by atoms with Crippen molar-refractivity contribution < 1.29 is 14.3 Å². The first kappa shape index (κ1) is 18.7. The van der Waals surface area contributed by atoms with Crippen LogP contribution in [-0.4, -0.2) is 67.2 Å². The van der Waals surface area contributed by atoms with Crippen LogP contribution >= 0.6 is 0 Å². The summed E-state index contributed by atoms with van der Waals surface area (Å²) in [6, 6.07) is 7.81. The molecule has 0 aliphatic carbocycles. The normalized spacial score (nSPS) is 22.5. The number of carbonyl (C=O) groups excluding carboxylic acids is 1. The highest BCUT2D eigenvalue weighted by Crippen LogP contribution is 2.16. The maximum atomic E-state index is 12.7. The summed E-state index contributed by atoms with van der Waals surface area (Å²) in [5.41, 5.74) is 1.13. The van der Waals surface area contributed by atoms with Gasteiger partial charge in [0.25, 0.3) is 0 Å². The van der Waals surface area contributed by atoms with Crippen LogP contribution < -0.4 is 4.74 Å². The van der Waals surface area contributed by atoms with Crippen LogP contribution in [0.25, 0.3) is 0 Å². The van der Waals surface area contributed by atoms with Gasteiger partial charge in [-0.2, -0.15) is 0 Å². The van der Waals surface area contributed by atoms with Crippen molar-refractivity contribution in [2.75, 3.05) is 33.3 Å². The van der Waals surface area contributed by atoms with E-state index in [4.69, 9.17) is 9.47 Å². The predicted octanol–water partition coefficient (Wildman–Crippen LogP) is 2.33. The molecule has 3 atom stereocenters. The molecule has 1 heterocycles. The van der Waals surface area contributed by atoms with Gasteiger partial charge < -0.3 is 14.4 Å². The lowest BCUT2D eigenvalue weighted by atomic mass is 10.2. The molecule has 5 heteroatoms. The molecule has 1 amide bonds. The smallest absolute Gasteiger partial charge is 0.239 e. The number of morpholine rings is 1. The average Bonchev–Trinajstić information content (AvgIpc) is 2.54. The summed E-state index contributed by atoms with van der Waals surface area (Å²) in [4.78, 5) is 16.7. The molecule has 24 heavy (non-hydrogen) atoms. The molecular formula is C19H30N2O3. The van der Waals surface area contributed by atoms with Gasteiger partial charge in [0.05, 0.1) is 18.2 Å². The fourth-order valence-electron chi connectivity index (χ4n) is 3.02. The quantitative estimate of drug-likeness (QED) is 0.801. The molecule has 1 aliphatic rings. The Labute approximate surface area is 145 Å². The Bertz CT molecular complexity index is 539. The van der Waals surface area contributed by atoms with Gasteiger partial charge in [0, 0.05) is 19.6 Å². The van der Waals surface area contributed by atoms with Gasteiger partial charge in [0.2, 0.25) is 5.91 Å². The Morgan fingerprint density at radius 1 is 1.33 bits per heavy atom. The summed E-state index contributed by atoms with van der Waals surface area (Å²) >= 11 is 0. The highest BCUT2D eigenvalue weighted by atomic mass is 16.5. The first-order valence-corrected chi connectivity index (χ1v) is 8.71. The van der Waals surface area contributed by atoms with Crippen molar-refractivity contribution in [2.24, 2.45) is 0 Å². The Balaban J connectivity index is 1.82. The fraction of sp³-hybridized carbons (Fsp3) is 0.632. The van der Waals surface area contributed by atoms with Gasteiger partial charge >= 0.3 is 0 Å². The molecule has 1 fully saturated rings. The number of rotatable bonds is 6. The summed E-state index contributed by atoms with van der Waals surface area (Å²) in [6.45, 7) is 10.6. The molecule has 0 N–H and O–H groups in total. The molecule has 1 saturated heterocycles. The largest absolute Gasteiger partial charge is 0.492 e. The van der Waals surface area contributed by atoms with E-state index in [-0.39, 0.29) is 24.2 Å². The van der Waals surface area contributed by atoms with Crippen molar-refractivity contribution in [3.8, 4) is 5.75 Å². The molecule has 1 aromatic carbocycles. The second kappa shape index (κ2) is 8.49. The SMILES string of the molecule is Cc1ccccc1OCCN(C)C(C)C(=O)N1CC(C)OC(C)C1. The van der Waals surface area contributed by atoms with E-state index in [1.807, 2.05) is 68.8 Å². The first-order chi connectivity index (χ1) is 11.4. The third-order valence-corrected chi connectivity index (χ3v) is 4.54. The molecule has 1 aliphatic heterocycles. The number of likely N-dealkylation sites (N-methyl/N-ethyl adjacent to an activating group) is 1. The van der Waals surface area contributed by atoms with Gasteiger partial charge in [0.1, 0.15) is 12.4 Å². The van der Waals surface area contributed by atoms with E-state index >= 15 is 0 Å². The number of ether oxygens (including phenoxy) is 2. The van der Waals surface area contributed by atoms with E-state index in [2.05, 4.69) is 0 Å². The highest BCUT2D eigenvalue weighted by molar-refractivity contribution is 5.81. The van der Waals surface area contributed by atoms with Crippen LogP contribution in [0.15, 0.2) is 24.3 Å². The topological polar surface area (TPSA) is 42.0 Å². The summed E-state index contributed by atoms with van der Waals surface area (Å²) in [5, 5.41) is 0. The van der Waals surface area contributed by atoms with Crippen molar-refractivity contribution in [2.45, 2.75) is 45.9 Å². The molecule has 134 valence electrons. The number of benzene rings is 1. The summed E-state index contributed by atoms with van der Waals surface area (Å²) in [6.07, 6.45) is 0.194. The minimum atomic E-state index is -0.164. The van der Waals surface area contributed by atoms with Gasteiger partial charge in [-0.3, -0.25) is 9.69 Å². The summed E-state index contributed by atoms with van der Waals surface area (Å²) < 4.78 is 11.5. The number of carbonyl (C=O) groups is 1. The van der Waals surface area contributed by atoms with Crippen molar-refractivity contribution in [1.82, 2.24) is 9.80 Å². The highest BCUT2D eigenvalue weighted by Gasteiger charge is 2.30. The summed E-state index contributed by atoms with van der Waals surface area (Å²) in [7, 11) is 1.97. The average molecular weight is 334 g/mol. The van der Waals surface area contributed by atoms with Crippen molar-refractivity contribution in [3.63, 3.8) is 0 Å². The van der Waals surface area contributed by atoms with Gasteiger partial charge in [-0.15, -0.1) is 0 Å². The van der Waals surface area contributed by atoms with E-state index in [1.54, 1.807) is 0 Å². The second-order valence-corrected chi connectivity index (χ2v) is 6.77. The minimum absolute atomic E-state index is 0.0968. The Kier molecular flexibility index (Phi) is 6.63. The van der Waals surface area contributed by atoms with E-state index in [9.17, 15) is 4.79 Å². The third kappa shape index (κ3) is 4.95. The lowest BCUT2D eigenvalue weighted by Gasteiger charge is -2.38. The van der Waals surface area contributed by atoms with Gasteiger partial charge in [-0.05, 0) is 46.4 Å². The molecule has 0 radical (unpaired) electrons. The predicted molar refractivity (Wildman–Crippen MR) is 95.4 cm³/mol. The van der Waals surface area contributed by atoms with Crippen LogP contribution in [0, 0.1) is 6.92 Å². The standard InChI is InChI=1S/C19H30N2O3/c1-14-8-6-7-9-18(14)23-11-10-20(5)17(4)19(22)21-12-15(2)24-16(3)13-21/h6-9,15-17H,10-13H2,1-5H3. The van der Waals surface area contributed by atoms with Crippen LogP contribution in [0.2, 0.25) is 0 Å². The van der Waals surface area contributed by atoms with Crippen LogP contribution in [0.5, 0.6) is 5.75 Å². The van der Waals surface area contributed by atoms with Gasteiger partial charge in [0.15, 0.2) is 0 Å². The number of amides is 1. The van der Waals surface area contributed by atoms with Gasteiger partial charge in [-0.1, -0.05) is 18.2 Å².